The summed E-state index contributed by atoms with van der Waals surface area (Å²) in [5, 5.41) is 35.8. The van der Waals surface area contributed by atoms with Crippen molar-refractivity contribution >= 4 is 10.8 Å². The molecule has 0 unspecified atom stereocenters. The first-order valence-corrected chi connectivity index (χ1v) is 8.75. The lowest BCUT2D eigenvalue weighted by Gasteiger charge is -2.38. The second-order valence-electron chi connectivity index (χ2n) is 7.40. The first-order chi connectivity index (χ1) is 12.3. The summed E-state index contributed by atoms with van der Waals surface area (Å²) in [4.78, 5) is 22.6. The average Bonchev–Trinajstić information content (AvgIpc) is 2.59. The van der Waals surface area contributed by atoms with Gasteiger partial charge in [0, 0.05) is 15.8 Å². The minimum absolute atomic E-state index is 0.0595. The second kappa shape index (κ2) is 6.99. The number of aliphatic hydroxyl groups is 1. The van der Waals surface area contributed by atoms with Crippen LogP contribution in [0.15, 0.2) is 42.5 Å². The van der Waals surface area contributed by atoms with Gasteiger partial charge >= 0.3 is 0 Å². The van der Waals surface area contributed by atoms with Gasteiger partial charge in [-0.25, -0.2) is 0 Å². The molecule has 0 aliphatic heterocycles. The van der Waals surface area contributed by atoms with Crippen molar-refractivity contribution in [1.29, 1.82) is 0 Å². The van der Waals surface area contributed by atoms with Crippen LogP contribution < -0.4 is 0 Å². The summed E-state index contributed by atoms with van der Waals surface area (Å²) in [6.07, 6.45) is -1.14. The van der Waals surface area contributed by atoms with Crippen LogP contribution in [0.5, 0.6) is 0 Å². The van der Waals surface area contributed by atoms with E-state index in [1.165, 1.54) is 0 Å². The van der Waals surface area contributed by atoms with Crippen LogP contribution in [-0.2, 0) is 0 Å². The van der Waals surface area contributed by atoms with E-state index in [0.717, 1.165) is 10.8 Å². The average molecular weight is 358 g/mol. The summed E-state index contributed by atoms with van der Waals surface area (Å²) in [6.45, 7) is 3.72. The van der Waals surface area contributed by atoms with Gasteiger partial charge in [-0.2, -0.15) is 0 Å². The normalized spacial score (nSPS) is 29.0. The summed E-state index contributed by atoms with van der Waals surface area (Å²) in [6, 6.07) is 10.4. The Morgan fingerprint density at radius 1 is 1.00 bits per heavy atom. The lowest BCUT2D eigenvalue weighted by molar-refractivity contribution is -0.589. The van der Waals surface area contributed by atoms with Crippen LogP contribution in [0.3, 0.4) is 0 Å². The van der Waals surface area contributed by atoms with E-state index in [0.29, 0.717) is 5.56 Å². The van der Waals surface area contributed by atoms with Gasteiger partial charge in [0.15, 0.2) is 0 Å². The molecule has 3 rings (SSSR count). The molecule has 1 N–H and O–H groups in total. The Labute approximate surface area is 150 Å². The van der Waals surface area contributed by atoms with Gasteiger partial charge in [-0.1, -0.05) is 56.3 Å². The van der Waals surface area contributed by atoms with Crippen LogP contribution in [-0.4, -0.2) is 33.1 Å². The van der Waals surface area contributed by atoms with Crippen LogP contribution in [0.2, 0.25) is 0 Å². The molecule has 0 bridgehead atoms. The lowest BCUT2D eigenvalue weighted by atomic mass is 9.66. The number of hydrogen-bond acceptors (Lipinski definition) is 5. The van der Waals surface area contributed by atoms with Crippen molar-refractivity contribution in [2.75, 3.05) is 0 Å². The zero-order valence-electron chi connectivity index (χ0n) is 14.7. The molecule has 0 amide bonds. The van der Waals surface area contributed by atoms with E-state index < -0.39 is 39.9 Å². The van der Waals surface area contributed by atoms with E-state index in [1.807, 2.05) is 44.2 Å². The summed E-state index contributed by atoms with van der Waals surface area (Å²) in [5.41, 5.74) is 0.538. The molecule has 26 heavy (non-hydrogen) atoms. The Morgan fingerprint density at radius 3 is 2.19 bits per heavy atom. The van der Waals surface area contributed by atoms with Gasteiger partial charge in [0.1, 0.15) is 12.0 Å². The van der Waals surface area contributed by atoms with Crippen molar-refractivity contribution in [2.45, 2.75) is 44.4 Å². The largest absolute Gasteiger partial charge is 0.386 e. The molecule has 0 aromatic heterocycles. The second-order valence-corrected chi connectivity index (χ2v) is 7.40. The van der Waals surface area contributed by atoms with Crippen molar-refractivity contribution in [2.24, 2.45) is 11.8 Å². The van der Waals surface area contributed by atoms with E-state index in [-0.39, 0.29) is 12.3 Å². The van der Waals surface area contributed by atoms with Crippen molar-refractivity contribution in [1.82, 2.24) is 0 Å². The molecular formula is C19H22N2O5. The highest BCUT2D eigenvalue weighted by atomic mass is 16.6. The number of fused-ring (bicyclic) bond motifs is 1. The fraction of sp³-hybridized carbons (Fsp3) is 0.474. The summed E-state index contributed by atoms with van der Waals surface area (Å²) in [7, 11) is 0. The molecule has 7 nitrogen and oxygen atoms in total. The van der Waals surface area contributed by atoms with E-state index in [1.54, 1.807) is 12.1 Å². The lowest BCUT2D eigenvalue weighted by Crippen LogP contribution is -2.55. The molecule has 138 valence electrons. The van der Waals surface area contributed by atoms with Crippen molar-refractivity contribution in [3.8, 4) is 0 Å². The highest BCUT2D eigenvalue weighted by molar-refractivity contribution is 5.83. The van der Waals surface area contributed by atoms with Gasteiger partial charge in [-0.05, 0) is 28.7 Å². The number of benzene rings is 2. The molecule has 0 radical (unpaired) electrons. The maximum absolute atomic E-state index is 11.9. The van der Waals surface area contributed by atoms with Gasteiger partial charge in [-0.15, -0.1) is 0 Å². The Morgan fingerprint density at radius 2 is 1.62 bits per heavy atom. The Balaban J connectivity index is 2.17. The summed E-state index contributed by atoms with van der Waals surface area (Å²) >= 11 is 0. The van der Waals surface area contributed by atoms with Gasteiger partial charge in [0.25, 0.3) is 6.04 Å². The number of hydrogen-bond donors (Lipinski definition) is 1. The summed E-state index contributed by atoms with van der Waals surface area (Å²) in [5.74, 6) is -1.45. The predicted octanol–water partition coefficient (Wildman–Crippen LogP) is 3.25. The Kier molecular flexibility index (Phi) is 4.91. The SMILES string of the molecule is CC(C)[C@@H]1C[C@@H](O)[C@@H]([N+](=O)[O-])[C@H](c2ccc3ccccc3c2)[C@@H]1[N+](=O)[O-]. The maximum Gasteiger partial charge on any atom is 0.251 e. The summed E-state index contributed by atoms with van der Waals surface area (Å²) < 4.78 is 0. The smallest absolute Gasteiger partial charge is 0.251 e. The fourth-order valence-corrected chi connectivity index (χ4v) is 4.30. The minimum atomic E-state index is -1.39. The number of aliphatic hydroxyl groups excluding tert-OH is 1. The quantitative estimate of drug-likeness (QED) is 0.667. The molecular weight excluding hydrogens is 336 g/mol. The van der Waals surface area contributed by atoms with Crippen molar-refractivity contribution in [3.63, 3.8) is 0 Å². The molecule has 0 saturated heterocycles. The molecule has 1 fully saturated rings. The molecule has 1 saturated carbocycles. The molecule has 1 aliphatic rings. The highest BCUT2D eigenvalue weighted by Gasteiger charge is 2.57. The van der Waals surface area contributed by atoms with Crippen LogP contribution >= 0.6 is 0 Å². The Bertz CT molecular complexity index is 838. The number of nitrogens with zero attached hydrogens (tertiary/aromatic N) is 2. The van der Waals surface area contributed by atoms with Gasteiger partial charge in [0.05, 0.1) is 0 Å². The van der Waals surface area contributed by atoms with Crippen molar-refractivity contribution < 1.29 is 15.0 Å². The van der Waals surface area contributed by atoms with Crippen LogP contribution in [0.1, 0.15) is 31.7 Å². The van der Waals surface area contributed by atoms with E-state index in [2.05, 4.69) is 0 Å². The first kappa shape index (κ1) is 18.3. The van der Waals surface area contributed by atoms with Gasteiger partial charge in [-0.3, -0.25) is 20.2 Å². The first-order valence-electron chi connectivity index (χ1n) is 8.75. The van der Waals surface area contributed by atoms with E-state index in [9.17, 15) is 25.3 Å². The van der Waals surface area contributed by atoms with E-state index in [4.69, 9.17) is 0 Å². The minimum Gasteiger partial charge on any atom is -0.386 e. The van der Waals surface area contributed by atoms with Crippen molar-refractivity contribution in [3.05, 3.63) is 68.3 Å². The van der Waals surface area contributed by atoms with E-state index >= 15 is 0 Å². The zero-order chi connectivity index (χ0) is 19.0. The topological polar surface area (TPSA) is 107 Å². The van der Waals surface area contributed by atoms with Crippen LogP contribution in [0.25, 0.3) is 10.8 Å². The van der Waals surface area contributed by atoms with Gasteiger partial charge < -0.3 is 5.11 Å². The highest BCUT2D eigenvalue weighted by Crippen LogP contribution is 2.43. The standard InChI is InChI=1S/C19H22N2O5/c1-11(2)15-10-16(22)19(21(25)26)17(18(15)20(23)24)14-8-7-12-5-3-4-6-13(12)9-14/h3-9,11,15-19,22H,10H2,1-2H3/t15-,16+,17+,18+,19+/m0/s1. The molecule has 2 aromatic carbocycles. The number of nitro groups is 2. The molecule has 5 atom stereocenters. The molecule has 0 spiro atoms. The molecule has 0 heterocycles. The van der Waals surface area contributed by atoms with Crippen LogP contribution in [0, 0.1) is 32.1 Å². The maximum atomic E-state index is 11.9. The third-order valence-corrected chi connectivity index (χ3v) is 5.58. The third-order valence-electron chi connectivity index (χ3n) is 5.58. The Hall–Kier alpha value is -2.54. The van der Waals surface area contributed by atoms with Gasteiger partial charge in [0.2, 0.25) is 6.04 Å². The molecule has 2 aromatic rings. The molecule has 1 aliphatic carbocycles. The number of rotatable bonds is 4. The zero-order valence-corrected chi connectivity index (χ0v) is 14.7. The predicted molar refractivity (Wildman–Crippen MR) is 97.2 cm³/mol. The van der Waals surface area contributed by atoms with Crippen LogP contribution in [0.4, 0.5) is 0 Å². The fourth-order valence-electron chi connectivity index (χ4n) is 4.30. The third kappa shape index (κ3) is 3.14. The molecule has 7 heteroatoms. The monoisotopic (exact) mass is 358 g/mol.